The standard InChI is InChI=1S/C19H36N4/c1-3-10-22-11-8-16(9-12-22)13-21-19(20-2)23-14-17-6-4-5-7-18(17)15-23/h16-18H,3-15H2,1-2H3,(H,20,21). The smallest absolute Gasteiger partial charge is 0.193 e. The van der Waals surface area contributed by atoms with Crippen LogP contribution in [0.15, 0.2) is 4.99 Å². The van der Waals surface area contributed by atoms with Crippen molar-refractivity contribution in [1.29, 1.82) is 0 Å². The third-order valence-corrected chi connectivity index (χ3v) is 6.28. The van der Waals surface area contributed by atoms with E-state index in [0.29, 0.717) is 0 Å². The van der Waals surface area contributed by atoms with Crippen molar-refractivity contribution in [3.63, 3.8) is 0 Å². The van der Waals surface area contributed by atoms with Gasteiger partial charge in [0.1, 0.15) is 0 Å². The van der Waals surface area contributed by atoms with Gasteiger partial charge in [-0.15, -0.1) is 0 Å². The van der Waals surface area contributed by atoms with Crippen molar-refractivity contribution in [2.24, 2.45) is 22.7 Å². The summed E-state index contributed by atoms with van der Waals surface area (Å²) < 4.78 is 0. The number of aliphatic imine (C=N–C) groups is 1. The molecule has 132 valence electrons. The molecule has 2 unspecified atom stereocenters. The molecule has 23 heavy (non-hydrogen) atoms. The molecule has 4 heteroatoms. The van der Waals surface area contributed by atoms with Crippen LogP contribution in [0.5, 0.6) is 0 Å². The molecule has 2 saturated heterocycles. The molecule has 3 fully saturated rings. The Kier molecular flexibility index (Phi) is 6.21. The first kappa shape index (κ1) is 17.1. The predicted octanol–water partition coefficient (Wildman–Crippen LogP) is 2.81. The van der Waals surface area contributed by atoms with Crippen LogP contribution in [-0.2, 0) is 0 Å². The van der Waals surface area contributed by atoms with E-state index in [1.807, 2.05) is 7.05 Å². The highest BCUT2D eigenvalue weighted by Gasteiger charge is 2.35. The molecular formula is C19H36N4. The molecule has 0 aromatic heterocycles. The van der Waals surface area contributed by atoms with Crippen LogP contribution in [0.4, 0.5) is 0 Å². The Bertz CT molecular complexity index is 373. The quantitative estimate of drug-likeness (QED) is 0.638. The van der Waals surface area contributed by atoms with Gasteiger partial charge in [-0.05, 0) is 69.5 Å². The average Bonchev–Trinajstić information content (AvgIpc) is 3.01. The summed E-state index contributed by atoms with van der Waals surface area (Å²) in [7, 11) is 1.95. The van der Waals surface area contributed by atoms with E-state index < -0.39 is 0 Å². The first-order valence-electron chi connectivity index (χ1n) is 9.98. The first-order valence-corrected chi connectivity index (χ1v) is 9.98. The van der Waals surface area contributed by atoms with E-state index in [-0.39, 0.29) is 0 Å². The largest absolute Gasteiger partial charge is 0.356 e. The van der Waals surface area contributed by atoms with Gasteiger partial charge in [-0.3, -0.25) is 4.99 Å². The maximum absolute atomic E-state index is 4.58. The molecule has 1 aliphatic carbocycles. The highest BCUT2D eigenvalue weighted by Crippen LogP contribution is 2.35. The van der Waals surface area contributed by atoms with Gasteiger partial charge in [0, 0.05) is 26.7 Å². The average molecular weight is 321 g/mol. The molecule has 0 aromatic rings. The molecule has 0 aromatic carbocycles. The van der Waals surface area contributed by atoms with Crippen molar-refractivity contribution in [2.45, 2.75) is 51.9 Å². The zero-order valence-corrected chi connectivity index (χ0v) is 15.3. The van der Waals surface area contributed by atoms with E-state index in [1.165, 1.54) is 77.7 Å². The molecule has 1 saturated carbocycles. The van der Waals surface area contributed by atoms with Crippen LogP contribution in [0, 0.1) is 17.8 Å². The van der Waals surface area contributed by atoms with E-state index in [9.17, 15) is 0 Å². The van der Waals surface area contributed by atoms with Gasteiger partial charge in [0.15, 0.2) is 5.96 Å². The summed E-state index contributed by atoms with van der Waals surface area (Å²) in [4.78, 5) is 9.73. The molecule has 0 radical (unpaired) electrons. The van der Waals surface area contributed by atoms with Crippen molar-refractivity contribution in [3.8, 4) is 0 Å². The van der Waals surface area contributed by atoms with E-state index >= 15 is 0 Å². The molecule has 0 bridgehead atoms. The Balaban J connectivity index is 1.42. The van der Waals surface area contributed by atoms with Crippen LogP contribution in [-0.4, -0.2) is 62.1 Å². The molecule has 2 heterocycles. The lowest BCUT2D eigenvalue weighted by Crippen LogP contribution is -2.44. The number of hydrogen-bond acceptors (Lipinski definition) is 2. The van der Waals surface area contributed by atoms with Gasteiger partial charge < -0.3 is 15.1 Å². The van der Waals surface area contributed by atoms with Gasteiger partial charge in [-0.1, -0.05) is 19.8 Å². The Morgan fingerprint density at radius 3 is 2.26 bits per heavy atom. The summed E-state index contributed by atoms with van der Waals surface area (Å²) >= 11 is 0. The number of guanidine groups is 1. The lowest BCUT2D eigenvalue weighted by Gasteiger charge is -2.32. The van der Waals surface area contributed by atoms with Gasteiger partial charge in [-0.2, -0.15) is 0 Å². The van der Waals surface area contributed by atoms with E-state index in [2.05, 4.69) is 27.0 Å². The number of nitrogens with one attached hydrogen (secondary N) is 1. The number of rotatable bonds is 4. The highest BCUT2D eigenvalue weighted by molar-refractivity contribution is 5.80. The van der Waals surface area contributed by atoms with Gasteiger partial charge in [-0.25, -0.2) is 0 Å². The number of fused-ring (bicyclic) bond motifs is 1. The number of likely N-dealkylation sites (tertiary alicyclic amines) is 2. The topological polar surface area (TPSA) is 30.9 Å². The normalized spacial score (nSPS) is 30.5. The fourth-order valence-corrected chi connectivity index (χ4v) is 4.88. The molecule has 4 nitrogen and oxygen atoms in total. The Labute approximate surface area is 142 Å². The van der Waals surface area contributed by atoms with Gasteiger partial charge in [0.25, 0.3) is 0 Å². The second kappa shape index (κ2) is 8.36. The Hall–Kier alpha value is -0.770. The van der Waals surface area contributed by atoms with E-state index in [1.54, 1.807) is 0 Å². The van der Waals surface area contributed by atoms with Crippen molar-refractivity contribution < 1.29 is 0 Å². The van der Waals surface area contributed by atoms with Crippen molar-refractivity contribution in [2.75, 3.05) is 46.3 Å². The number of nitrogens with zero attached hydrogens (tertiary/aromatic N) is 3. The molecule has 0 amide bonds. The molecule has 2 aliphatic heterocycles. The van der Waals surface area contributed by atoms with Crippen molar-refractivity contribution in [3.05, 3.63) is 0 Å². The summed E-state index contributed by atoms with van der Waals surface area (Å²) in [5, 5.41) is 3.70. The SMILES string of the molecule is CCCN1CCC(CNC(=NC)N2CC3CCCCC3C2)CC1. The van der Waals surface area contributed by atoms with Gasteiger partial charge in [0.05, 0.1) is 0 Å². The maximum atomic E-state index is 4.58. The predicted molar refractivity (Wildman–Crippen MR) is 97.8 cm³/mol. The summed E-state index contributed by atoms with van der Waals surface area (Å²) in [6.45, 7) is 9.71. The van der Waals surface area contributed by atoms with Gasteiger partial charge in [0.2, 0.25) is 0 Å². The molecule has 2 atom stereocenters. The van der Waals surface area contributed by atoms with Gasteiger partial charge >= 0.3 is 0 Å². The second-order valence-corrected chi connectivity index (χ2v) is 7.92. The lowest BCUT2D eigenvalue weighted by molar-refractivity contribution is 0.185. The van der Waals surface area contributed by atoms with E-state index in [4.69, 9.17) is 0 Å². The molecule has 3 rings (SSSR count). The van der Waals surface area contributed by atoms with Crippen LogP contribution in [0.25, 0.3) is 0 Å². The van der Waals surface area contributed by atoms with Crippen LogP contribution >= 0.6 is 0 Å². The number of piperidine rings is 1. The monoisotopic (exact) mass is 320 g/mol. The molecule has 0 spiro atoms. The fraction of sp³-hybridized carbons (Fsp3) is 0.947. The summed E-state index contributed by atoms with van der Waals surface area (Å²) in [6.07, 6.45) is 9.73. The maximum Gasteiger partial charge on any atom is 0.193 e. The fourth-order valence-electron chi connectivity index (χ4n) is 4.88. The van der Waals surface area contributed by atoms with Crippen LogP contribution in [0.1, 0.15) is 51.9 Å². The van der Waals surface area contributed by atoms with E-state index in [0.717, 1.165) is 30.3 Å². The number of hydrogen-bond donors (Lipinski definition) is 1. The third-order valence-electron chi connectivity index (χ3n) is 6.28. The minimum absolute atomic E-state index is 0.824. The zero-order valence-electron chi connectivity index (χ0n) is 15.3. The van der Waals surface area contributed by atoms with Crippen LogP contribution in [0.3, 0.4) is 0 Å². The van der Waals surface area contributed by atoms with Crippen LogP contribution in [0.2, 0.25) is 0 Å². The summed E-state index contributed by atoms with van der Waals surface area (Å²) in [6, 6.07) is 0. The van der Waals surface area contributed by atoms with Crippen molar-refractivity contribution >= 4 is 5.96 Å². The highest BCUT2D eigenvalue weighted by atomic mass is 15.3. The van der Waals surface area contributed by atoms with Crippen LogP contribution < -0.4 is 5.32 Å². The Morgan fingerprint density at radius 1 is 1.04 bits per heavy atom. The lowest BCUT2D eigenvalue weighted by atomic mass is 9.82. The summed E-state index contributed by atoms with van der Waals surface area (Å²) in [5.41, 5.74) is 0. The summed E-state index contributed by atoms with van der Waals surface area (Å²) in [5.74, 6) is 3.85. The molecule has 3 aliphatic rings. The minimum atomic E-state index is 0.824. The van der Waals surface area contributed by atoms with Crippen molar-refractivity contribution in [1.82, 2.24) is 15.1 Å². The molecular weight excluding hydrogens is 284 g/mol. The second-order valence-electron chi connectivity index (χ2n) is 7.92. The minimum Gasteiger partial charge on any atom is -0.356 e. The third kappa shape index (κ3) is 4.40. The molecule has 1 N–H and O–H groups in total. The first-order chi connectivity index (χ1) is 11.3. The zero-order chi connectivity index (χ0) is 16.1. The Morgan fingerprint density at radius 2 is 1.70 bits per heavy atom.